The van der Waals surface area contributed by atoms with Gasteiger partial charge in [0.2, 0.25) is 5.91 Å². The molecule has 2 amide bonds. The molecule has 4 rings (SSSR count). The van der Waals surface area contributed by atoms with Crippen LogP contribution in [0.5, 0.6) is 0 Å². The molecule has 0 spiro atoms. The first-order valence-corrected chi connectivity index (χ1v) is 10.7. The number of rotatable bonds is 4. The summed E-state index contributed by atoms with van der Waals surface area (Å²) in [6.07, 6.45) is 0. The monoisotopic (exact) mass is 421 g/mol. The van der Waals surface area contributed by atoms with Gasteiger partial charge in [0.05, 0.1) is 22.0 Å². The van der Waals surface area contributed by atoms with Gasteiger partial charge in [-0.05, 0) is 48.5 Å². The minimum absolute atomic E-state index is 0.0715. The topological polar surface area (TPSA) is 86.8 Å². The van der Waals surface area contributed by atoms with Gasteiger partial charge in [-0.3, -0.25) is 18.8 Å². The van der Waals surface area contributed by atoms with Gasteiger partial charge < -0.3 is 5.32 Å². The zero-order chi connectivity index (χ0) is 21.3. The molecule has 0 aliphatic carbocycles. The van der Waals surface area contributed by atoms with Crippen LogP contribution >= 0.6 is 0 Å². The third-order valence-corrected chi connectivity index (χ3v) is 6.70. The second-order valence-electron chi connectivity index (χ2n) is 6.79. The number of sulfonamides is 1. The smallest absolute Gasteiger partial charge is 0.264 e. The second kappa shape index (κ2) is 7.64. The highest BCUT2D eigenvalue weighted by Crippen LogP contribution is 2.30. The van der Waals surface area contributed by atoms with E-state index in [0.717, 1.165) is 0 Å². The quantitative estimate of drug-likeness (QED) is 0.701. The summed E-state index contributed by atoms with van der Waals surface area (Å²) in [5.74, 6) is -0.664. The van der Waals surface area contributed by atoms with Crippen molar-refractivity contribution in [2.24, 2.45) is 0 Å². The number of para-hydroxylation sites is 3. The van der Waals surface area contributed by atoms with Crippen molar-refractivity contribution in [3.63, 3.8) is 0 Å². The molecule has 30 heavy (non-hydrogen) atoms. The van der Waals surface area contributed by atoms with Crippen molar-refractivity contribution in [1.82, 2.24) is 0 Å². The lowest BCUT2D eigenvalue weighted by molar-refractivity contribution is -0.115. The molecule has 0 radical (unpaired) electrons. The van der Waals surface area contributed by atoms with E-state index >= 15 is 0 Å². The third kappa shape index (κ3) is 3.53. The van der Waals surface area contributed by atoms with E-state index in [9.17, 15) is 18.0 Å². The summed E-state index contributed by atoms with van der Waals surface area (Å²) in [5.41, 5.74) is 1.99. The Morgan fingerprint density at radius 2 is 1.57 bits per heavy atom. The molecule has 0 saturated heterocycles. The van der Waals surface area contributed by atoms with Gasteiger partial charge in [-0.15, -0.1) is 0 Å². The number of anilines is 3. The maximum atomic E-state index is 13.0. The standard InChI is InChI=1S/C22H19N3O4S/c1-24(17-7-3-2-4-8-17)30(28,29)18-13-11-16(12-14-18)22(27)25-15-21(26)23-19-9-5-6-10-20(19)25/h2-14H,15H2,1H3,(H,23,26). The van der Waals surface area contributed by atoms with E-state index in [1.165, 1.54) is 40.5 Å². The Morgan fingerprint density at radius 3 is 2.27 bits per heavy atom. The zero-order valence-electron chi connectivity index (χ0n) is 16.1. The zero-order valence-corrected chi connectivity index (χ0v) is 17.0. The molecule has 8 heteroatoms. The van der Waals surface area contributed by atoms with Crippen LogP contribution in [0.3, 0.4) is 0 Å². The molecule has 152 valence electrons. The highest BCUT2D eigenvalue weighted by molar-refractivity contribution is 7.92. The number of amides is 2. The summed E-state index contributed by atoms with van der Waals surface area (Å²) in [6.45, 7) is -0.105. The number of fused-ring (bicyclic) bond motifs is 1. The van der Waals surface area contributed by atoms with E-state index in [4.69, 9.17) is 0 Å². The Hall–Kier alpha value is -3.65. The lowest BCUT2D eigenvalue weighted by Gasteiger charge is -2.29. The van der Waals surface area contributed by atoms with Crippen LogP contribution in [0.15, 0.2) is 83.8 Å². The van der Waals surface area contributed by atoms with E-state index in [1.54, 1.807) is 48.5 Å². The van der Waals surface area contributed by atoms with Crippen molar-refractivity contribution in [2.75, 3.05) is 28.1 Å². The molecular weight excluding hydrogens is 402 g/mol. The maximum Gasteiger partial charge on any atom is 0.264 e. The number of hydrogen-bond donors (Lipinski definition) is 1. The molecule has 1 N–H and O–H groups in total. The fourth-order valence-electron chi connectivity index (χ4n) is 3.27. The highest BCUT2D eigenvalue weighted by Gasteiger charge is 2.28. The molecular formula is C22H19N3O4S. The summed E-state index contributed by atoms with van der Waals surface area (Å²) in [7, 11) is -2.29. The minimum Gasteiger partial charge on any atom is -0.323 e. The van der Waals surface area contributed by atoms with E-state index < -0.39 is 10.0 Å². The van der Waals surface area contributed by atoms with Crippen LogP contribution in [0.4, 0.5) is 17.1 Å². The Bertz CT molecular complexity index is 1210. The number of carbonyl (C=O) groups excluding carboxylic acids is 2. The van der Waals surface area contributed by atoms with Crippen molar-refractivity contribution < 1.29 is 18.0 Å². The molecule has 3 aromatic carbocycles. The average molecular weight is 421 g/mol. The molecule has 3 aromatic rings. The van der Waals surface area contributed by atoms with Crippen molar-refractivity contribution in [3.05, 3.63) is 84.4 Å². The number of carbonyl (C=O) groups is 2. The van der Waals surface area contributed by atoms with E-state index in [0.29, 0.717) is 22.6 Å². The summed E-state index contributed by atoms with van der Waals surface area (Å²) < 4.78 is 27.0. The van der Waals surface area contributed by atoms with Gasteiger partial charge in [0.15, 0.2) is 0 Å². The van der Waals surface area contributed by atoms with Crippen molar-refractivity contribution in [3.8, 4) is 0 Å². The van der Waals surface area contributed by atoms with Gasteiger partial charge in [0.1, 0.15) is 6.54 Å². The van der Waals surface area contributed by atoms with Crippen molar-refractivity contribution in [1.29, 1.82) is 0 Å². The van der Waals surface area contributed by atoms with Crippen LogP contribution in [0, 0.1) is 0 Å². The number of hydrogen-bond acceptors (Lipinski definition) is 4. The minimum atomic E-state index is -3.77. The molecule has 1 aliphatic heterocycles. The lowest BCUT2D eigenvalue weighted by atomic mass is 10.1. The predicted molar refractivity (Wildman–Crippen MR) is 115 cm³/mol. The molecule has 0 unspecified atom stereocenters. The summed E-state index contributed by atoms with van der Waals surface area (Å²) >= 11 is 0. The van der Waals surface area contributed by atoms with Crippen LogP contribution < -0.4 is 14.5 Å². The first-order valence-electron chi connectivity index (χ1n) is 9.23. The van der Waals surface area contributed by atoms with Crippen LogP contribution in [0.1, 0.15) is 10.4 Å². The van der Waals surface area contributed by atoms with Gasteiger partial charge in [0.25, 0.3) is 15.9 Å². The molecule has 0 aromatic heterocycles. The Kier molecular flexibility index (Phi) is 5.01. The van der Waals surface area contributed by atoms with Crippen molar-refractivity contribution >= 4 is 38.9 Å². The fraction of sp³-hybridized carbons (Fsp3) is 0.0909. The molecule has 0 fully saturated rings. The Labute approximate surface area is 174 Å². The first-order chi connectivity index (χ1) is 14.4. The Morgan fingerprint density at radius 1 is 0.933 bits per heavy atom. The summed E-state index contributed by atoms with van der Waals surface area (Å²) in [5, 5.41) is 2.74. The SMILES string of the molecule is CN(c1ccccc1)S(=O)(=O)c1ccc(C(=O)N2CC(=O)Nc3ccccc32)cc1. The molecule has 7 nitrogen and oxygen atoms in total. The normalized spacial score (nSPS) is 13.4. The third-order valence-electron chi connectivity index (χ3n) is 4.90. The molecule has 0 saturated carbocycles. The number of benzene rings is 3. The van der Waals surface area contributed by atoms with E-state index in [1.807, 2.05) is 6.07 Å². The number of nitrogens with zero attached hydrogens (tertiary/aromatic N) is 2. The van der Waals surface area contributed by atoms with Gasteiger partial charge in [-0.1, -0.05) is 30.3 Å². The lowest BCUT2D eigenvalue weighted by Crippen LogP contribution is -2.42. The molecule has 1 aliphatic rings. The van der Waals surface area contributed by atoms with Gasteiger partial charge in [-0.25, -0.2) is 8.42 Å². The van der Waals surface area contributed by atoms with Crippen LogP contribution in [-0.4, -0.2) is 33.8 Å². The Balaban J connectivity index is 1.61. The van der Waals surface area contributed by atoms with Gasteiger partial charge in [0, 0.05) is 12.6 Å². The molecule has 1 heterocycles. The predicted octanol–water partition coefficient (Wildman–Crippen LogP) is 3.11. The van der Waals surface area contributed by atoms with E-state index in [-0.39, 0.29) is 23.3 Å². The number of nitrogens with one attached hydrogen (secondary N) is 1. The average Bonchev–Trinajstić information content (AvgIpc) is 2.78. The fourth-order valence-corrected chi connectivity index (χ4v) is 4.47. The molecule has 0 bridgehead atoms. The largest absolute Gasteiger partial charge is 0.323 e. The maximum absolute atomic E-state index is 13.0. The van der Waals surface area contributed by atoms with Crippen LogP contribution in [0.2, 0.25) is 0 Å². The highest BCUT2D eigenvalue weighted by atomic mass is 32.2. The first kappa shape index (κ1) is 19.7. The summed E-state index contributed by atoms with van der Waals surface area (Å²) in [4.78, 5) is 26.4. The summed E-state index contributed by atoms with van der Waals surface area (Å²) in [6, 6.07) is 21.5. The van der Waals surface area contributed by atoms with Crippen LogP contribution in [-0.2, 0) is 14.8 Å². The second-order valence-corrected chi connectivity index (χ2v) is 8.76. The van der Waals surface area contributed by atoms with Gasteiger partial charge >= 0.3 is 0 Å². The van der Waals surface area contributed by atoms with Crippen LogP contribution in [0.25, 0.3) is 0 Å². The molecule has 0 atom stereocenters. The van der Waals surface area contributed by atoms with Crippen molar-refractivity contribution in [2.45, 2.75) is 4.90 Å². The van der Waals surface area contributed by atoms with Gasteiger partial charge in [-0.2, -0.15) is 0 Å². The van der Waals surface area contributed by atoms with E-state index in [2.05, 4.69) is 5.32 Å².